The summed E-state index contributed by atoms with van der Waals surface area (Å²) in [5.41, 5.74) is 0. The van der Waals surface area contributed by atoms with Crippen LogP contribution < -0.4 is 10.6 Å². The highest BCUT2D eigenvalue weighted by molar-refractivity contribution is 5.76. The molecule has 0 saturated carbocycles. The van der Waals surface area contributed by atoms with E-state index in [1.165, 1.54) is 25.7 Å². The van der Waals surface area contributed by atoms with E-state index in [1.807, 2.05) is 0 Å². The molecule has 1 saturated heterocycles. The largest absolute Gasteiger partial charge is 0.354 e. The fraction of sp³-hybridized carbons (Fsp3) is 0.933. The zero-order valence-electron chi connectivity index (χ0n) is 12.3. The van der Waals surface area contributed by atoms with E-state index >= 15 is 0 Å². The van der Waals surface area contributed by atoms with Crippen molar-refractivity contribution < 1.29 is 4.79 Å². The van der Waals surface area contributed by atoms with Gasteiger partial charge in [-0.3, -0.25) is 4.79 Å². The number of carbonyl (C=O) groups is 1. The lowest BCUT2D eigenvalue weighted by Gasteiger charge is -2.23. The van der Waals surface area contributed by atoms with Crippen LogP contribution in [0.5, 0.6) is 0 Å². The van der Waals surface area contributed by atoms with Crippen molar-refractivity contribution in [1.82, 2.24) is 10.6 Å². The van der Waals surface area contributed by atoms with Crippen LogP contribution in [0.1, 0.15) is 65.7 Å². The summed E-state index contributed by atoms with van der Waals surface area (Å²) in [5.74, 6) is 0.915. The number of rotatable bonds is 7. The fourth-order valence-electron chi connectivity index (χ4n) is 2.65. The van der Waals surface area contributed by atoms with Crippen molar-refractivity contribution in [3.8, 4) is 0 Å². The fourth-order valence-corrected chi connectivity index (χ4v) is 2.65. The van der Waals surface area contributed by atoms with Gasteiger partial charge in [0.05, 0.1) is 0 Å². The van der Waals surface area contributed by atoms with E-state index in [2.05, 4.69) is 31.4 Å². The summed E-state index contributed by atoms with van der Waals surface area (Å²) in [6.07, 6.45) is 7.76. The van der Waals surface area contributed by atoms with E-state index in [1.54, 1.807) is 0 Å². The first-order valence-corrected chi connectivity index (χ1v) is 7.64. The monoisotopic (exact) mass is 254 g/mol. The average Bonchev–Trinajstić information content (AvgIpc) is 2.37. The minimum absolute atomic E-state index is 0.221. The van der Waals surface area contributed by atoms with Crippen LogP contribution >= 0.6 is 0 Å². The maximum Gasteiger partial charge on any atom is 0.220 e. The van der Waals surface area contributed by atoms with Crippen molar-refractivity contribution in [3.63, 3.8) is 0 Å². The first-order valence-electron chi connectivity index (χ1n) is 7.64. The molecule has 0 aromatic rings. The van der Waals surface area contributed by atoms with E-state index in [0.717, 1.165) is 19.4 Å². The minimum atomic E-state index is 0.221. The molecule has 0 aromatic carbocycles. The molecule has 18 heavy (non-hydrogen) atoms. The summed E-state index contributed by atoms with van der Waals surface area (Å²) in [6.45, 7) is 7.68. The molecule has 0 aromatic heterocycles. The standard InChI is InChI=1S/C15H30N2O/c1-4-12(2)11-13(3)17-15(18)9-8-14-7-5-6-10-16-14/h12-14,16H,4-11H2,1-3H3,(H,17,18). The molecule has 0 spiro atoms. The highest BCUT2D eigenvalue weighted by Gasteiger charge is 2.15. The molecule has 1 aliphatic rings. The predicted molar refractivity (Wildman–Crippen MR) is 76.6 cm³/mol. The predicted octanol–water partition coefficient (Wildman–Crippen LogP) is 2.85. The van der Waals surface area contributed by atoms with Gasteiger partial charge in [-0.1, -0.05) is 26.7 Å². The van der Waals surface area contributed by atoms with Crippen molar-refractivity contribution in [2.24, 2.45) is 5.92 Å². The SMILES string of the molecule is CCC(C)CC(C)NC(=O)CCC1CCCCN1. The third-order valence-electron chi connectivity index (χ3n) is 3.99. The quantitative estimate of drug-likeness (QED) is 0.733. The summed E-state index contributed by atoms with van der Waals surface area (Å²) in [4.78, 5) is 11.8. The Bertz CT molecular complexity index is 237. The van der Waals surface area contributed by atoms with Gasteiger partial charge < -0.3 is 10.6 Å². The molecule has 3 nitrogen and oxygen atoms in total. The van der Waals surface area contributed by atoms with Crippen molar-refractivity contribution in [2.75, 3.05) is 6.54 Å². The highest BCUT2D eigenvalue weighted by atomic mass is 16.1. The normalized spacial score (nSPS) is 23.4. The topological polar surface area (TPSA) is 41.1 Å². The second-order valence-electron chi connectivity index (χ2n) is 5.90. The van der Waals surface area contributed by atoms with Gasteiger partial charge in [0, 0.05) is 18.5 Å². The molecule has 3 atom stereocenters. The Morgan fingerprint density at radius 1 is 1.39 bits per heavy atom. The van der Waals surface area contributed by atoms with Crippen LogP contribution in [0.15, 0.2) is 0 Å². The summed E-state index contributed by atoms with van der Waals surface area (Å²) >= 11 is 0. The molecule has 0 aliphatic carbocycles. The van der Waals surface area contributed by atoms with Crippen molar-refractivity contribution in [1.29, 1.82) is 0 Å². The van der Waals surface area contributed by atoms with Gasteiger partial charge >= 0.3 is 0 Å². The van der Waals surface area contributed by atoms with Crippen LogP contribution in [-0.4, -0.2) is 24.5 Å². The molecule has 3 unspecified atom stereocenters. The molecule has 1 fully saturated rings. The zero-order chi connectivity index (χ0) is 13.4. The van der Waals surface area contributed by atoms with Gasteiger partial charge in [-0.25, -0.2) is 0 Å². The zero-order valence-corrected chi connectivity index (χ0v) is 12.3. The van der Waals surface area contributed by atoms with Crippen molar-refractivity contribution in [2.45, 2.75) is 77.8 Å². The third kappa shape index (κ3) is 6.39. The lowest BCUT2D eigenvalue weighted by atomic mass is 9.99. The van der Waals surface area contributed by atoms with Gasteiger partial charge in [0.1, 0.15) is 0 Å². The Labute approximate surface area is 112 Å². The summed E-state index contributed by atoms with van der Waals surface area (Å²) in [6, 6.07) is 0.876. The number of carbonyl (C=O) groups excluding carboxylic acids is 1. The van der Waals surface area contributed by atoms with Crippen LogP contribution in [0.2, 0.25) is 0 Å². The van der Waals surface area contributed by atoms with Gasteiger partial charge in [-0.05, 0) is 45.1 Å². The molecule has 2 N–H and O–H groups in total. The second kappa shape index (κ2) is 8.52. The molecule has 1 aliphatic heterocycles. The van der Waals surface area contributed by atoms with Gasteiger partial charge in [0.25, 0.3) is 0 Å². The van der Waals surface area contributed by atoms with E-state index in [0.29, 0.717) is 24.4 Å². The average molecular weight is 254 g/mol. The van der Waals surface area contributed by atoms with Gasteiger partial charge in [0.2, 0.25) is 5.91 Å². The molecule has 1 amide bonds. The Balaban J connectivity index is 2.12. The highest BCUT2D eigenvalue weighted by Crippen LogP contribution is 2.12. The van der Waals surface area contributed by atoms with E-state index < -0.39 is 0 Å². The first kappa shape index (κ1) is 15.5. The van der Waals surface area contributed by atoms with Crippen LogP contribution in [-0.2, 0) is 4.79 Å². The van der Waals surface area contributed by atoms with Crippen LogP contribution in [0.3, 0.4) is 0 Å². The van der Waals surface area contributed by atoms with Gasteiger partial charge in [-0.2, -0.15) is 0 Å². The Kier molecular flexibility index (Phi) is 7.33. The number of amides is 1. The van der Waals surface area contributed by atoms with Gasteiger partial charge in [-0.15, -0.1) is 0 Å². The van der Waals surface area contributed by atoms with E-state index in [4.69, 9.17) is 0 Å². The molecule has 0 bridgehead atoms. The summed E-state index contributed by atoms with van der Waals surface area (Å²) in [7, 11) is 0. The van der Waals surface area contributed by atoms with E-state index in [-0.39, 0.29) is 5.91 Å². The lowest BCUT2D eigenvalue weighted by molar-refractivity contribution is -0.122. The summed E-state index contributed by atoms with van der Waals surface area (Å²) < 4.78 is 0. The lowest BCUT2D eigenvalue weighted by Crippen LogP contribution is -2.37. The molecular weight excluding hydrogens is 224 g/mol. The molecule has 3 heteroatoms. The molecule has 0 radical (unpaired) electrons. The Morgan fingerprint density at radius 2 is 2.17 bits per heavy atom. The maximum atomic E-state index is 11.8. The molecule has 106 valence electrons. The number of hydrogen-bond acceptors (Lipinski definition) is 2. The molecular formula is C15H30N2O. The van der Waals surface area contributed by atoms with Crippen LogP contribution in [0.4, 0.5) is 0 Å². The number of piperidine rings is 1. The second-order valence-corrected chi connectivity index (χ2v) is 5.90. The molecule has 1 heterocycles. The van der Waals surface area contributed by atoms with Gasteiger partial charge in [0.15, 0.2) is 0 Å². The van der Waals surface area contributed by atoms with Crippen LogP contribution in [0.25, 0.3) is 0 Å². The smallest absolute Gasteiger partial charge is 0.220 e. The maximum absolute atomic E-state index is 11.8. The van der Waals surface area contributed by atoms with Crippen LogP contribution in [0, 0.1) is 5.92 Å². The third-order valence-corrected chi connectivity index (χ3v) is 3.99. The number of nitrogens with one attached hydrogen (secondary N) is 2. The first-order chi connectivity index (χ1) is 8.61. The summed E-state index contributed by atoms with van der Waals surface area (Å²) in [5, 5.41) is 6.61. The Morgan fingerprint density at radius 3 is 2.78 bits per heavy atom. The molecule has 1 rings (SSSR count). The number of hydrogen-bond donors (Lipinski definition) is 2. The minimum Gasteiger partial charge on any atom is -0.354 e. The van der Waals surface area contributed by atoms with E-state index in [9.17, 15) is 4.79 Å². The van der Waals surface area contributed by atoms with Crippen molar-refractivity contribution in [3.05, 3.63) is 0 Å². The van der Waals surface area contributed by atoms with Crippen molar-refractivity contribution >= 4 is 5.91 Å². The Hall–Kier alpha value is -0.570.